The molecule has 4 nitrogen and oxygen atoms in total. The Bertz CT molecular complexity index is 460. The summed E-state index contributed by atoms with van der Waals surface area (Å²) >= 11 is 0. The van der Waals surface area contributed by atoms with Crippen LogP contribution in [0.3, 0.4) is 0 Å². The van der Waals surface area contributed by atoms with Gasteiger partial charge in [-0.3, -0.25) is 4.79 Å². The SMILES string of the molecule is CCCN(CCC)CCc1cccc2c1CC(=O)N2.CCO.Cl. The number of nitrogens with zero attached hydrogens (tertiary/aromatic N) is 1. The Kier molecular flexibility index (Phi) is 11.7. The van der Waals surface area contributed by atoms with E-state index in [1.54, 1.807) is 6.92 Å². The molecule has 132 valence electrons. The molecule has 1 aromatic rings. The lowest BCUT2D eigenvalue weighted by Gasteiger charge is -2.21. The van der Waals surface area contributed by atoms with Gasteiger partial charge in [-0.15, -0.1) is 12.4 Å². The molecule has 2 rings (SSSR count). The van der Waals surface area contributed by atoms with Crippen molar-refractivity contribution >= 4 is 24.0 Å². The monoisotopic (exact) mass is 342 g/mol. The van der Waals surface area contributed by atoms with E-state index >= 15 is 0 Å². The number of carbonyl (C=O) groups excluding carboxylic acids is 1. The minimum absolute atomic E-state index is 0. The number of amides is 1. The quantitative estimate of drug-likeness (QED) is 0.799. The lowest BCUT2D eigenvalue weighted by atomic mass is 10.0. The van der Waals surface area contributed by atoms with E-state index in [0.29, 0.717) is 6.42 Å². The number of hydrogen-bond donors (Lipinski definition) is 2. The zero-order valence-corrected chi connectivity index (χ0v) is 15.4. The first kappa shape index (κ1) is 21.9. The molecule has 1 heterocycles. The summed E-state index contributed by atoms with van der Waals surface area (Å²) in [5, 5.41) is 10.5. The molecule has 5 heteroatoms. The third-order valence-corrected chi connectivity index (χ3v) is 3.66. The van der Waals surface area contributed by atoms with Crippen molar-refractivity contribution in [3.63, 3.8) is 0 Å². The number of halogens is 1. The van der Waals surface area contributed by atoms with Gasteiger partial charge in [-0.25, -0.2) is 0 Å². The number of rotatable bonds is 7. The first-order valence-electron chi connectivity index (χ1n) is 8.40. The fraction of sp³-hybridized carbons (Fsp3) is 0.611. The van der Waals surface area contributed by atoms with Gasteiger partial charge < -0.3 is 15.3 Å². The number of nitrogens with one attached hydrogen (secondary N) is 1. The number of fused-ring (bicyclic) bond motifs is 1. The Morgan fingerprint density at radius 2 is 1.74 bits per heavy atom. The van der Waals surface area contributed by atoms with E-state index in [4.69, 9.17) is 5.11 Å². The first-order valence-corrected chi connectivity index (χ1v) is 8.40. The fourth-order valence-electron chi connectivity index (χ4n) is 2.80. The maximum Gasteiger partial charge on any atom is 0.228 e. The van der Waals surface area contributed by atoms with Gasteiger partial charge in [0.25, 0.3) is 0 Å². The van der Waals surface area contributed by atoms with E-state index in [9.17, 15) is 4.79 Å². The van der Waals surface area contributed by atoms with Crippen molar-refractivity contribution in [1.82, 2.24) is 4.90 Å². The van der Waals surface area contributed by atoms with Gasteiger partial charge in [-0.1, -0.05) is 26.0 Å². The number of anilines is 1. The summed E-state index contributed by atoms with van der Waals surface area (Å²) in [7, 11) is 0. The summed E-state index contributed by atoms with van der Waals surface area (Å²) in [6.07, 6.45) is 3.99. The molecule has 0 saturated heterocycles. The maximum absolute atomic E-state index is 11.5. The van der Waals surface area contributed by atoms with Crippen LogP contribution in [0, 0.1) is 0 Å². The molecule has 0 fully saturated rings. The summed E-state index contributed by atoms with van der Waals surface area (Å²) < 4.78 is 0. The van der Waals surface area contributed by atoms with E-state index in [2.05, 4.69) is 30.1 Å². The molecular formula is C18H31ClN2O2. The van der Waals surface area contributed by atoms with Crippen molar-refractivity contribution in [1.29, 1.82) is 0 Å². The van der Waals surface area contributed by atoms with E-state index in [1.165, 1.54) is 37.1 Å². The Morgan fingerprint density at radius 1 is 1.13 bits per heavy atom. The molecule has 0 radical (unpaired) electrons. The van der Waals surface area contributed by atoms with Crippen molar-refractivity contribution < 1.29 is 9.90 Å². The summed E-state index contributed by atoms with van der Waals surface area (Å²) in [5.41, 5.74) is 3.55. The lowest BCUT2D eigenvalue weighted by molar-refractivity contribution is -0.115. The van der Waals surface area contributed by atoms with Crippen LogP contribution in [0.1, 0.15) is 44.7 Å². The lowest BCUT2D eigenvalue weighted by Crippen LogP contribution is -2.28. The summed E-state index contributed by atoms with van der Waals surface area (Å²) in [4.78, 5) is 14.0. The maximum atomic E-state index is 11.5. The van der Waals surface area contributed by atoms with Crippen molar-refractivity contribution in [3.8, 4) is 0 Å². The Hall–Kier alpha value is -1.10. The highest BCUT2D eigenvalue weighted by atomic mass is 35.5. The first-order chi connectivity index (χ1) is 10.7. The van der Waals surface area contributed by atoms with Crippen LogP contribution in [0.25, 0.3) is 0 Å². The zero-order chi connectivity index (χ0) is 16.4. The number of carbonyl (C=O) groups is 1. The summed E-state index contributed by atoms with van der Waals surface area (Å²) in [5.74, 6) is 0.126. The molecular weight excluding hydrogens is 312 g/mol. The molecule has 1 aromatic carbocycles. The van der Waals surface area contributed by atoms with Crippen LogP contribution in [0.4, 0.5) is 5.69 Å². The fourth-order valence-corrected chi connectivity index (χ4v) is 2.80. The third kappa shape index (κ3) is 7.34. The van der Waals surface area contributed by atoms with Gasteiger partial charge in [0.15, 0.2) is 0 Å². The van der Waals surface area contributed by atoms with Gasteiger partial charge in [-0.2, -0.15) is 0 Å². The van der Waals surface area contributed by atoms with Crippen LogP contribution in [0.15, 0.2) is 18.2 Å². The van der Waals surface area contributed by atoms with Crippen molar-refractivity contribution in [2.75, 3.05) is 31.6 Å². The molecule has 0 aliphatic carbocycles. The molecule has 0 bridgehead atoms. The number of aliphatic hydroxyl groups is 1. The summed E-state index contributed by atoms with van der Waals surface area (Å²) in [6.45, 7) is 9.81. The largest absolute Gasteiger partial charge is 0.397 e. The highest BCUT2D eigenvalue weighted by Crippen LogP contribution is 2.26. The van der Waals surface area contributed by atoms with Crippen LogP contribution >= 0.6 is 12.4 Å². The molecule has 0 unspecified atom stereocenters. The van der Waals surface area contributed by atoms with Crippen LogP contribution < -0.4 is 5.32 Å². The predicted molar refractivity (Wildman–Crippen MR) is 99.5 cm³/mol. The van der Waals surface area contributed by atoms with Crippen molar-refractivity contribution in [3.05, 3.63) is 29.3 Å². The Balaban J connectivity index is 0.00000112. The molecule has 0 spiro atoms. The second kappa shape index (κ2) is 12.3. The molecule has 0 aromatic heterocycles. The van der Waals surface area contributed by atoms with Crippen molar-refractivity contribution in [2.24, 2.45) is 0 Å². The van der Waals surface area contributed by atoms with E-state index in [1.807, 2.05) is 12.1 Å². The average Bonchev–Trinajstić information content (AvgIpc) is 2.87. The molecule has 1 aliphatic heterocycles. The van der Waals surface area contributed by atoms with Gasteiger partial charge in [0.2, 0.25) is 5.91 Å². The standard InChI is InChI=1S/C16H24N2O.C2H6O.ClH/c1-3-9-18(10-4-2)11-8-13-6-5-7-15-14(13)12-16(19)17-15;1-2-3;/h5-7H,3-4,8-12H2,1-2H3,(H,17,19);3H,2H2,1H3;1H. The number of hydrogen-bond acceptors (Lipinski definition) is 3. The predicted octanol–water partition coefficient (Wildman–Crippen LogP) is 3.27. The highest BCUT2D eigenvalue weighted by molar-refractivity contribution is 5.99. The van der Waals surface area contributed by atoms with Crippen molar-refractivity contribution in [2.45, 2.75) is 46.5 Å². The molecule has 23 heavy (non-hydrogen) atoms. The minimum Gasteiger partial charge on any atom is -0.397 e. The second-order valence-electron chi connectivity index (χ2n) is 5.58. The molecule has 2 N–H and O–H groups in total. The van der Waals surface area contributed by atoms with Gasteiger partial charge >= 0.3 is 0 Å². The zero-order valence-electron chi connectivity index (χ0n) is 14.6. The average molecular weight is 343 g/mol. The van der Waals surface area contributed by atoms with E-state index in [-0.39, 0.29) is 24.9 Å². The normalized spacial score (nSPS) is 12.1. The topological polar surface area (TPSA) is 52.6 Å². The smallest absolute Gasteiger partial charge is 0.228 e. The minimum atomic E-state index is 0. The Morgan fingerprint density at radius 3 is 2.30 bits per heavy atom. The van der Waals surface area contributed by atoms with Gasteiger partial charge in [-0.05, 0) is 56.5 Å². The van der Waals surface area contributed by atoms with Crippen LogP contribution in [0.2, 0.25) is 0 Å². The van der Waals surface area contributed by atoms with Crippen LogP contribution in [-0.4, -0.2) is 42.2 Å². The summed E-state index contributed by atoms with van der Waals surface area (Å²) in [6, 6.07) is 6.21. The van der Waals surface area contributed by atoms with E-state index < -0.39 is 0 Å². The highest BCUT2D eigenvalue weighted by Gasteiger charge is 2.20. The number of benzene rings is 1. The van der Waals surface area contributed by atoms with Gasteiger partial charge in [0.1, 0.15) is 0 Å². The van der Waals surface area contributed by atoms with Crippen LogP contribution in [-0.2, 0) is 17.6 Å². The molecule has 1 amide bonds. The molecule has 0 saturated carbocycles. The third-order valence-electron chi connectivity index (χ3n) is 3.66. The molecule has 1 aliphatic rings. The second-order valence-corrected chi connectivity index (χ2v) is 5.58. The Labute approximate surface area is 146 Å². The molecule has 0 atom stereocenters. The van der Waals surface area contributed by atoms with E-state index in [0.717, 1.165) is 18.7 Å². The van der Waals surface area contributed by atoms with Gasteiger partial charge in [0.05, 0.1) is 6.42 Å². The number of aliphatic hydroxyl groups excluding tert-OH is 1. The van der Waals surface area contributed by atoms with Gasteiger partial charge in [0, 0.05) is 18.8 Å². The van der Waals surface area contributed by atoms with Crippen LogP contribution in [0.5, 0.6) is 0 Å².